The lowest BCUT2D eigenvalue weighted by atomic mass is 10.2. The van der Waals surface area contributed by atoms with Crippen molar-refractivity contribution in [2.75, 3.05) is 0 Å². The fraction of sp³-hybridized carbons (Fsp3) is 0.111. The SMILES string of the molecule is CC1=CC=CC(N)=CC=C1. The molecular formula is C9H11N. The molecule has 0 aromatic carbocycles. The Hall–Kier alpha value is -1.24. The van der Waals surface area contributed by atoms with Crippen molar-refractivity contribution in [1.82, 2.24) is 0 Å². The molecule has 0 unspecified atom stereocenters. The van der Waals surface area contributed by atoms with E-state index in [9.17, 15) is 0 Å². The summed E-state index contributed by atoms with van der Waals surface area (Å²) in [5.74, 6) is 0. The normalized spacial score (nSPS) is 17.3. The predicted molar refractivity (Wildman–Crippen MR) is 44.3 cm³/mol. The van der Waals surface area contributed by atoms with E-state index in [1.165, 1.54) is 5.57 Å². The monoisotopic (exact) mass is 133 g/mol. The molecule has 1 aliphatic carbocycles. The van der Waals surface area contributed by atoms with E-state index in [2.05, 4.69) is 6.92 Å². The van der Waals surface area contributed by atoms with E-state index in [1.807, 2.05) is 36.5 Å². The smallest absolute Gasteiger partial charge is 0.0313 e. The first-order valence-corrected chi connectivity index (χ1v) is 3.28. The van der Waals surface area contributed by atoms with Gasteiger partial charge in [-0.05, 0) is 19.1 Å². The average Bonchev–Trinajstić information content (AvgIpc) is 1.84. The lowest BCUT2D eigenvalue weighted by Crippen LogP contribution is -1.91. The quantitative estimate of drug-likeness (QED) is 0.536. The minimum Gasteiger partial charge on any atom is -0.399 e. The fourth-order valence-corrected chi connectivity index (χ4v) is 0.733. The number of hydrogen-bond acceptors (Lipinski definition) is 1. The van der Waals surface area contributed by atoms with Crippen molar-refractivity contribution >= 4 is 0 Å². The van der Waals surface area contributed by atoms with E-state index in [0.29, 0.717) is 0 Å². The third-order valence-corrected chi connectivity index (χ3v) is 1.30. The Balaban J connectivity index is 2.84. The van der Waals surface area contributed by atoms with Crippen molar-refractivity contribution in [3.05, 3.63) is 47.7 Å². The molecular weight excluding hydrogens is 122 g/mol. The highest BCUT2D eigenvalue weighted by atomic mass is 14.5. The maximum Gasteiger partial charge on any atom is 0.0313 e. The van der Waals surface area contributed by atoms with E-state index in [1.54, 1.807) is 0 Å². The van der Waals surface area contributed by atoms with Gasteiger partial charge in [-0.15, -0.1) is 0 Å². The second-order valence-corrected chi connectivity index (χ2v) is 2.30. The average molecular weight is 133 g/mol. The molecule has 1 nitrogen and oxygen atoms in total. The molecule has 1 aliphatic rings. The fourth-order valence-electron chi connectivity index (χ4n) is 0.733. The van der Waals surface area contributed by atoms with Crippen molar-refractivity contribution in [2.45, 2.75) is 6.92 Å². The first-order chi connectivity index (χ1) is 4.79. The lowest BCUT2D eigenvalue weighted by Gasteiger charge is -1.93. The largest absolute Gasteiger partial charge is 0.399 e. The Kier molecular flexibility index (Phi) is 2.11. The van der Waals surface area contributed by atoms with E-state index < -0.39 is 0 Å². The van der Waals surface area contributed by atoms with Crippen LogP contribution in [0.2, 0.25) is 0 Å². The van der Waals surface area contributed by atoms with E-state index in [0.717, 1.165) is 5.70 Å². The third-order valence-electron chi connectivity index (χ3n) is 1.30. The van der Waals surface area contributed by atoms with Gasteiger partial charge in [0.05, 0.1) is 0 Å². The Labute approximate surface area is 61.2 Å². The minimum absolute atomic E-state index is 0.792. The molecule has 0 atom stereocenters. The van der Waals surface area contributed by atoms with Crippen molar-refractivity contribution < 1.29 is 0 Å². The molecule has 0 fully saturated rings. The summed E-state index contributed by atoms with van der Waals surface area (Å²) in [6, 6.07) is 0. The Morgan fingerprint density at radius 3 is 2.60 bits per heavy atom. The highest BCUT2D eigenvalue weighted by Crippen LogP contribution is 2.00. The molecule has 0 saturated heterocycles. The van der Waals surface area contributed by atoms with Gasteiger partial charge >= 0.3 is 0 Å². The zero-order valence-electron chi connectivity index (χ0n) is 6.04. The molecule has 0 spiro atoms. The van der Waals surface area contributed by atoms with Crippen LogP contribution in [0.15, 0.2) is 47.7 Å². The van der Waals surface area contributed by atoms with E-state index in [-0.39, 0.29) is 0 Å². The first kappa shape index (κ1) is 6.87. The van der Waals surface area contributed by atoms with Crippen LogP contribution in [-0.2, 0) is 0 Å². The molecule has 0 aromatic rings. The molecule has 2 N–H and O–H groups in total. The standard InChI is InChI=1S/C9H11N/c1-8-4-2-6-9(10)7-3-5-8/h2-7H,10H2,1H3. The van der Waals surface area contributed by atoms with Crippen LogP contribution >= 0.6 is 0 Å². The lowest BCUT2D eigenvalue weighted by molar-refractivity contribution is 1.40. The summed E-state index contributed by atoms with van der Waals surface area (Å²) in [6.07, 6.45) is 11.7. The van der Waals surface area contributed by atoms with Gasteiger partial charge in [0.15, 0.2) is 0 Å². The molecule has 0 heterocycles. The number of hydrogen-bond donors (Lipinski definition) is 1. The summed E-state index contributed by atoms with van der Waals surface area (Å²) in [5.41, 5.74) is 7.57. The third kappa shape index (κ3) is 1.94. The van der Waals surface area contributed by atoms with Crippen molar-refractivity contribution in [1.29, 1.82) is 0 Å². The summed E-state index contributed by atoms with van der Waals surface area (Å²) in [6.45, 7) is 2.05. The Morgan fingerprint density at radius 2 is 1.80 bits per heavy atom. The number of nitrogens with two attached hydrogens (primary N) is 1. The van der Waals surface area contributed by atoms with Crippen molar-refractivity contribution in [2.24, 2.45) is 5.73 Å². The summed E-state index contributed by atoms with van der Waals surface area (Å²) in [4.78, 5) is 0. The molecule has 0 bridgehead atoms. The molecule has 1 rings (SSSR count). The molecule has 0 aliphatic heterocycles. The van der Waals surface area contributed by atoms with Gasteiger partial charge in [0.2, 0.25) is 0 Å². The van der Waals surface area contributed by atoms with Gasteiger partial charge in [0, 0.05) is 5.70 Å². The summed E-state index contributed by atoms with van der Waals surface area (Å²) < 4.78 is 0. The van der Waals surface area contributed by atoms with Crippen LogP contribution in [0.5, 0.6) is 0 Å². The van der Waals surface area contributed by atoms with Gasteiger partial charge in [0.25, 0.3) is 0 Å². The Bertz CT molecular complexity index is 203. The first-order valence-electron chi connectivity index (χ1n) is 3.28. The summed E-state index contributed by atoms with van der Waals surface area (Å²) in [5, 5.41) is 0. The zero-order chi connectivity index (χ0) is 7.40. The van der Waals surface area contributed by atoms with Crippen LogP contribution in [0.3, 0.4) is 0 Å². The minimum atomic E-state index is 0.792. The Morgan fingerprint density at radius 1 is 1.10 bits per heavy atom. The summed E-state index contributed by atoms with van der Waals surface area (Å²) in [7, 11) is 0. The topological polar surface area (TPSA) is 26.0 Å². The van der Waals surface area contributed by atoms with Gasteiger partial charge in [-0.1, -0.05) is 29.9 Å². The maximum absolute atomic E-state index is 5.54. The van der Waals surface area contributed by atoms with Gasteiger partial charge < -0.3 is 5.73 Å². The molecule has 0 amide bonds. The molecule has 10 heavy (non-hydrogen) atoms. The molecule has 0 radical (unpaired) electrons. The van der Waals surface area contributed by atoms with Crippen molar-refractivity contribution in [3.8, 4) is 0 Å². The van der Waals surface area contributed by atoms with Crippen LogP contribution in [0.1, 0.15) is 6.92 Å². The molecule has 1 heteroatoms. The highest BCUT2D eigenvalue weighted by molar-refractivity contribution is 5.32. The zero-order valence-corrected chi connectivity index (χ0v) is 6.04. The predicted octanol–water partition coefficient (Wildman–Crippen LogP) is 1.90. The van der Waals surface area contributed by atoms with E-state index >= 15 is 0 Å². The van der Waals surface area contributed by atoms with E-state index in [4.69, 9.17) is 5.73 Å². The van der Waals surface area contributed by atoms with Crippen LogP contribution in [0, 0.1) is 0 Å². The molecule has 52 valence electrons. The van der Waals surface area contributed by atoms with Crippen LogP contribution in [0.4, 0.5) is 0 Å². The maximum atomic E-state index is 5.54. The number of rotatable bonds is 0. The molecule has 0 saturated carbocycles. The van der Waals surface area contributed by atoms with Gasteiger partial charge in [-0.25, -0.2) is 0 Å². The second kappa shape index (κ2) is 3.06. The highest BCUT2D eigenvalue weighted by Gasteiger charge is 1.83. The van der Waals surface area contributed by atoms with Crippen molar-refractivity contribution in [3.63, 3.8) is 0 Å². The van der Waals surface area contributed by atoms with Gasteiger partial charge in [0.1, 0.15) is 0 Å². The van der Waals surface area contributed by atoms with Gasteiger partial charge in [-0.3, -0.25) is 0 Å². The van der Waals surface area contributed by atoms with Crippen LogP contribution < -0.4 is 5.73 Å². The van der Waals surface area contributed by atoms with Gasteiger partial charge in [-0.2, -0.15) is 0 Å². The second-order valence-electron chi connectivity index (χ2n) is 2.30. The van der Waals surface area contributed by atoms with Crippen LogP contribution in [-0.4, -0.2) is 0 Å². The summed E-state index contributed by atoms with van der Waals surface area (Å²) >= 11 is 0. The number of allylic oxidation sites excluding steroid dienone is 7. The molecule has 0 aromatic heterocycles. The van der Waals surface area contributed by atoms with Crippen LogP contribution in [0.25, 0.3) is 0 Å².